The van der Waals surface area contributed by atoms with Crippen LogP contribution < -0.4 is 22.3 Å². The highest BCUT2D eigenvalue weighted by molar-refractivity contribution is 5.99. The van der Waals surface area contributed by atoms with Gasteiger partial charge >= 0.3 is 11.7 Å². The first kappa shape index (κ1) is 25.1. The Bertz CT molecular complexity index is 1320. The van der Waals surface area contributed by atoms with Crippen LogP contribution in [-0.2, 0) is 16.1 Å². The van der Waals surface area contributed by atoms with E-state index in [0.717, 1.165) is 38.5 Å². The molecule has 38 heavy (non-hydrogen) atoms. The van der Waals surface area contributed by atoms with Crippen molar-refractivity contribution in [3.05, 3.63) is 26.4 Å². The summed E-state index contributed by atoms with van der Waals surface area (Å²) in [6, 6.07) is -0.722. The van der Waals surface area contributed by atoms with E-state index in [9.17, 15) is 24.3 Å². The average Bonchev–Trinajstić information content (AvgIpc) is 3.76. The molecule has 1 unspecified atom stereocenters. The highest BCUT2D eigenvalue weighted by atomic mass is 16.5. The predicted octanol–water partition coefficient (Wildman–Crippen LogP) is 0.736. The molecule has 0 radical (unpaired) electrons. The number of rotatable bonds is 7. The number of nitrogens with zero attached hydrogens (tertiary/aromatic N) is 3. The first-order chi connectivity index (χ1) is 18.1. The zero-order chi connectivity index (χ0) is 27.0. The lowest BCUT2D eigenvalue weighted by molar-refractivity contribution is -0.143. The van der Waals surface area contributed by atoms with Crippen LogP contribution in [-0.4, -0.2) is 63.7 Å². The molecule has 2 heterocycles. The maximum Gasteiger partial charge on any atom is 0.334 e. The van der Waals surface area contributed by atoms with Crippen LogP contribution >= 0.6 is 0 Å². The smallest absolute Gasteiger partial charge is 0.334 e. The van der Waals surface area contributed by atoms with E-state index in [0.29, 0.717) is 45.1 Å². The lowest BCUT2D eigenvalue weighted by Gasteiger charge is -2.51. The molecule has 4 aliphatic carbocycles. The van der Waals surface area contributed by atoms with Gasteiger partial charge in [-0.1, -0.05) is 0 Å². The monoisotopic (exact) mass is 528 g/mol. The number of amidine groups is 1. The van der Waals surface area contributed by atoms with Gasteiger partial charge in [0.15, 0.2) is 0 Å². The molecule has 1 aliphatic heterocycles. The second-order valence-electron chi connectivity index (χ2n) is 12.3. The number of carbonyl (C=O) groups is 2. The third kappa shape index (κ3) is 3.78. The van der Waals surface area contributed by atoms with Gasteiger partial charge in [0.2, 0.25) is 11.8 Å². The SMILES string of the molecule is CN(C(=O)NCC1COC1)C(=O)[C@@]12CC1C1(CCC(n3c(=O)c(C(=N)N)c(O)n(CC4CC4)c3=O)CC1)C2. The van der Waals surface area contributed by atoms with Crippen molar-refractivity contribution in [1.82, 2.24) is 19.4 Å². The van der Waals surface area contributed by atoms with E-state index in [1.807, 2.05) is 0 Å². The molecule has 0 bridgehead atoms. The van der Waals surface area contributed by atoms with Crippen LogP contribution in [0.15, 0.2) is 9.59 Å². The Kier molecular flexibility index (Phi) is 5.75. The summed E-state index contributed by atoms with van der Waals surface area (Å²) in [6.45, 7) is 2.08. The summed E-state index contributed by atoms with van der Waals surface area (Å²) in [6.07, 6.45) is 6.16. The summed E-state index contributed by atoms with van der Waals surface area (Å²) in [5.74, 6) is -0.385. The van der Waals surface area contributed by atoms with E-state index < -0.39 is 28.4 Å². The number of urea groups is 1. The zero-order valence-electron chi connectivity index (χ0n) is 21.7. The minimum Gasteiger partial charge on any atom is -0.494 e. The van der Waals surface area contributed by atoms with E-state index >= 15 is 0 Å². The first-order valence-electron chi connectivity index (χ1n) is 13.6. The van der Waals surface area contributed by atoms with Crippen molar-refractivity contribution in [2.45, 2.75) is 64.0 Å². The molecule has 206 valence electrons. The summed E-state index contributed by atoms with van der Waals surface area (Å²) < 4.78 is 7.52. The summed E-state index contributed by atoms with van der Waals surface area (Å²) in [7, 11) is 1.54. The van der Waals surface area contributed by atoms with E-state index in [1.54, 1.807) is 0 Å². The molecule has 3 amide bonds. The highest BCUT2D eigenvalue weighted by Crippen LogP contribution is 2.80. The van der Waals surface area contributed by atoms with E-state index in [2.05, 4.69) is 5.32 Å². The van der Waals surface area contributed by atoms with Crippen LogP contribution in [0, 0.1) is 34.0 Å². The maximum atomic E-state index is 13.3. The predicted molar refractivity (Wildman–Crippen MR) is 136 cm³/mol. The minimum atomic E-state index is -0.710. The van der Waals surface area contributed by atoms with Crippen molar-refractivity contribution in [3.8, 4) is 5.88 Å². The number of aromatic hydroxyl groups is 1. The number of nitrogens with two attached hydrogens (primary N) is 1. The third-order valence-corrected chi connectivity index (χ3v) is 9.84. The molecule has 12 heteroatoms. The molecule has 0 aromatic carbocycles. The summed E-state index contributed by atoms with van der Waals surface area (Å²) >= 11 is 0. The Morgan fingerprint density at radius 2 is 1.87 bits per heavy atom. The second kappa shape index (κ2) is 8.69. The number of hydrogen-bond donors (Lipinski definition) is 4. The molecule has 1 saturated heterocycles. The maximum absolute atomic E-state index is 13.3. The van der Waals surface area contributed by atoms with Crippen LogP contribution in [0.2, 0.25) is 0 Å². The normalized spacial score (nSPS) is 31.6. The average molecular weight is 529 g/mol. The fourth-order valence-electron chi connectivity index (χ4n) is 7.31. The molecule has 2 atom stereocenters. The molecule has 5 fully saturated rings. The molecule has 5 N–H and O–H groups in total. The Balaban J connectivity index is 1.13. The van der Waals surface area contributed by atoms with Crippen molar-refractivity contribution in [2.75, 3.05) is 26.8 Å². The Labute approximate surface area is 219 Å². The number of nitrogens with one attached hydrogen (secondary N) is 2. The molecule has 1 aromatic heterocycles. The number of carbonyl (C=O) groups excluding carboxylic acids is 2. The molecule has 4 saturated carbocycles. The van der Waals surface area contributed by atoms with Crippen molar-refractivity contribution >= 4 is 17.8 Å². The zero-order valence-corrected chi connectivity index (χ0v) is 21.7. The fourth-order valence-corrected chi connectivity index (χ4v) is 7.31. The van der Waals surface area contributed by atoms with Gasteiger partial charge < -0.3 is 20.9 Å². The van der Waals surface area contributed by atoms with Gasteiger partial charge in [0.05, 0.1) is 18.6 Å². The molecule has 1 spiro atoms. The summed E-state index contributed by atoms with van der Waals surface area (Å²) in [5, 5.41) is 21.2. The van der Waals surface area contributed by atoms with E-state index in [4.69, 9.17) is 15.9 Å². The number of nitrogen functional groups attached to an aromatic ring is 1. The van der Waals surface area contributed by atoms with Crippen molar-refractivity contribution in [1.29, 1.82) is 5.41 Å². The highest BCUT2D eigenvalue weighted by Gasteiger charge is 2.78. The number of aromatic nitrogens is 2. The van der Waals surface area contributed by atoms with E-state index in [-0.39, 0.29) is 40.8 Å². The second-order valence-corrected chi connectivity index (χ2v) is 12.3. The number of imide groups is 1. The van der Waals surface area contributed by atoms with Crippen molar-refractivity contribution in [2.24, 2.45) is 34.3 Å². The number of hydrogen-bond acceptors (Lipinski definition) is 7. The fraction of sp³-hybridized carbons (Fsp3) is 0.731. The Morgan fingerprint density at radius 3 is 2.42 bits per heavy atom. The minimum absolute atomic E-state index is 0.0102. The van der Waals surface area contributed by atoms with Gasteiger partial charge in [-0.2, -0.15) is 0 Å². The molecule has 12 nitrogen and oxygen atoms in total. The largest absolute Gasteiger partial charge is 0.494 e. The van der Waals surface area contributed by atoms with Gasteiger partial charge in [0, 0.05) is 32.1 Å². The standard InChI is InChI=1S/C26H36N6O6/c1-30(23(36)29-9-15-11-38-12-15)22(35)26-8-17(26)25(13-26)6-4-16(5-7-25)32-21(34)18(19(27)28)20(33)31(24(32)37)10-14-2-3-14/h14-17,33H,2-13H2,1H3,(H3,27,28)(H,29,36)/t16?,17?,25?,26-/m1/s1. The molecule has 6 rings (SSSR count). The van der Waals surface area contributed by atoms with Gasteiger partial charge in [0.1, 0.15) is 11.4 Å². The van der Waals surface area contributed by atoms with Gasteiger partial charge in [-0.15, -0.1) is 0 Å². The van der Waals surface area contributed by atoms with Gasteiger partial charge in [-0.3, -0.25) is 29.0 Å². The number of ether oxygens (including phenoxy) is 1. The Morgan fingerprint density at radius 1 is 1.18 bits per heavy atom. The van der Waals surface area contributed by atoms with Crippen LogP contribution in [0.25, 0.3) is 0 Å². The van der Waals surface area contributed by atoms with Gasteiger partial charge in [0.25, 0.3) is 5.56 Å². The lowest BCUT2D eigenvalue weighted by atomic mass is 9.55. The van der Waals surface area contributed by atoms with Gasteiger partial charge in [-0.05, 0) is 68.6 Å². The molecule has 1 aromatic rings. The van der Waals surface area contributed by atoms with Crippen LogP contribution in [0.3, 0.4) is 0 Å². The summed E-state index contributed by atoms with van der Waals surface area (Å²) in [5.41, 5.74) is 3.59. The third-order valence-electron chi connectivity index (χ3n) is 9.84. The number of amides is 3. The van der Waals surface area contributed by atoms with Crippen molar-refractivity contribution < 1.29 is 19.4 Å². The first-order valence-corrected chi connectivity index (χ1v) is 13.6. The van der Waals surface area contributed by atoms with Gasteiger partial charge in [-0.25, -0.2) is 9.59 Å². The summed E-state index contributed by atoms with van der Waals surface area (Å²) in [4.78, 5) is 53.5. The lowest BCUT2D eigenvalue weighted by Crippen LogP contribution is -2.54. The van der Waals surface area contributed by atoms with E-state index in [1.165, 1.54) is 21.1 Å². The van der Waals surface area contributed by atoms with Crippen LogP contribution in [0.4, 0.5) is 4.79 Å². The van der Waals surface area contributed by atoms with Crippen LogP contribution in [0.5, 0.6) is 5.88 Å². The Hall–Kier alpha value is -3.15. The molecular weight excluding hydrogens is 492 g/mol. The quantitative estimate of drug-likeness (QED) is 0.298. The van der Waals surface area contributed by atoms with Crippen molar-refractivity contribution in [3.63, 3.8) is 0 Å². The molecule has 5 aliphatic rings. The number of fused-ring (bicyclic) bond motifs is 2. The molecular formula is C26H36N6O6. The van der Waals surface area contributed by atoms with Crippen LogP contribution in [0.1, 0.15) is 63.0 Å². The topological polar surface area (TPSA) is 173 Å².